The number of carbonyl (C=O) groups is 2. The van der Waals surface area contributed by atoms with Crippen molar-refractivity contribution in [3.8, 4) is 5.75 Å². The fraction of sp³-hybridized carbons (Fsp3) is 0.600. The molecule has 2 aliphatic rings. The first-order valence-corrected chi connectivity index (χ1v) is 9.53. The molecule has 6 nitrogen and oxygen atoms in total. The first kappa shape index (κ1) is 18.7. The van der Waals surface area contributed by atoms with E-state index < -0.39 is 0 Å². The van der Waals surface area contributed by atoms with Crippen molar-refractivity contribution in [2.75, 3.05) is 20.2 Å². The Morgan fingerprint density at radius 3 is 2.81 bits per heavy atom. The summed E-state index contributed by atoms with van der Waals surface area (Å²) in [7, 11) is 1.65. The number of nitrogens with one attached hydrogen (secondary N) is 2. The van der Waals surface area contributed by atoms with E-state index in [9.17, 15) is 9.59 Å². The van der Waals surface area contributed by atoms with Gasteiger partial charge >= 0.3 is 6.03 Å². The summed E-state index contributed by atoms with van der Waals surface area (Å²) in [6.45, 7) is 3.89. The Morgan fingerprint density at radius 1 is 1.23 bits per heavy atom. The second-order valence-electron chi connectivity index (χ2n) is 7.49. The molecule has 26 heavy (non-hydrogen) atoms. The van der Waals surface area contributed by atoms with Crippen molar-refractivity contribution in [1.29, 1.82) is 0 Å². The Balaban J connectivity index is 1.48. The first-order valence-electron chi connectivity index (χ1n) is 9.53. The van der Waals surface area contributed by atoms with Crippen molar-refractivity contribution in [3.05, 3.63) is 29.3 Å². The molecule has 1 aliphatic heterocycles. The van der Waals surface area contributed by atoms with Crippen LogP contribution in [0.1, 0.15) is 43.7 Å². The van der Waals surface area contributed by atoms with E-state index in [1.807, 2.05) is 12.1 Å². The third-order valence-electron chi connectivity index (χ3n) is 5.55. The largest absolute Gasteiger partial charge is 0.497 e. The molecule has 0 aromatic heterocycles. The minimum Gasteiger partial charge on any atom is -0.497 e. The van der Waals surface area contributed by atoms with E-state index in [0.717, 1.165) is 38.0 Å². The van der Waals surface area contributed by atoms with Gasteiger partial charge in [0.05, 0.1) is 13.7 Å². The SMILES string of the molecule is COc1ccc2c(c1)CN(CC(=O)NC(=O)NC1CCCCC1C)CC2. The van der Waals surface area contributed by atoms with Gasteiger partial charge < -0.3 is 10.1 Å². The molecule has 1 aliphatic carbocycles. The Hall–Kier alpha value is -2.08. The van der Waals surface area contributed by atoms with Gasteiger partial charge in [-0.25, -0.2) is 4.79 Å². The fourth-order valence-electron chi connectivity index (χ4n) is 3.96. The molecule has 0 bridgehead atoms. The van der Waals surface area contributed by atoms with Crippen LogP contribution in [-0.2, 0) is 17.8 Å². The number of nitrogens with zero attached hydrogens (tertiary/aromatic N) is 1. The molecule has 1 saturated carbocycles. The zero-order valence-corrected chi connectivity index (χ0v) is 15.7. The normalized spacial score (nSPS) is 23.0. The lowest BCUT2D eigenvalue weighted by molar-refractivity contribution is -0.121. The second-order valence-corrected chi connectivity index (χ2v) is 7.49. The first-order chi connectivity index (χ1) is 12.5. The van der Waals surface area contributed by atoms with Crippen LogP contribution in [0.15, 0.2) is 18.2 Å². The van der Waals surface area contributed by atoms with Gasteiger partial charge in [-0.3, -0.25) is 15.0 Å². The van der Waals surface area contributed by atoms with Crippen molar-refractivity contribution in [2.45, 2.75) is 51.6 Å². The topological polar surface area (TPSA) is 70.7 Å². The average Bonchev–Trinajstić information content (AvgIpc) is 2.62. The summed E-state index contributed by atoms with van der Waals surface area (Å²) >= 11 is 0. The summed E-state index contributed by atoms with van der Waals surface area (Å²) in [5, 5.41) is 5.45. The highest BCUT2D eigenvalue weighted by Gasteiger charge is 2.24. The van der Waals surface area contributed by atoms with Gasteiger partial charge in [0, 0.05) is 19.1 Å². The molecular formula is C20H29N3O3. The van der Waals surface area contributed by atoms with E-state index in [1.54, 1.807) is 7.11 Å². The number of methoxy groups -OCH3 is 1. The van der Waals surface area contributed by atoms with Crippen LogP contribution >= 0.6 is 0 Å². The lowest BCUT2D eigenvalue weighted by atomic mass is 9.86. The Kier molecular flexibility index (Phi) is 6.14. The maximum absolute atomic E-state index is 12.2. The number of rotatable bonds is 4. The van der Waals surface area contributed by atoms with Gasteiger partial charge in [-0.2, -0.15) is 0 Å². The van der Waals surface area contributed by atoms with Crippen LogP contribution in [-0.4, -0.2) is 43.1 Å². The smallest absolute Gasteiger partial charge is 0.321 e. The van der Waals surface area contributed by atoms with E-state index in [4.69, 9.17) is 4.74 Å². The van der Waals surface area contributed by atoms with Crippen molar-refractivity contribution in [2.24, 2.45) is 5.92 Å². The summed E-state index contributed by atoms with van der Waals surface area (Å²) in [5.74, 6) is 1.05. The maximum atomic E-state index is 12.2. The fourth-order valence-corrected chi connectivity index (χ4v) is 3.96. The molecule has 0 radical (unpaired) electrons. The molecule has 0 spiro atoms. The van der Waals surface area contributed by atoms with Crippen LogP contribution in [0.3, 0.4) is 0 Å². The quantitative estimate of drug-likeness (QED) is 0.866. The maximum Gasteiger partial charge on any atom is 0.321 e. The molecule has 2 atom stereocenters. The molecule has 1 fully saturated rings. The number of amides is 3. The van der Waals surface area contributed by atoms with Gasteiger partial charge in [0.15, 0.2) is 0 Å². The summed E-state index contributed by atoms with van der Waals surface area (Å²) < 4.78 is 5.28. The van der Waals surface area contributed by atoms with E-state index in [2.05, 4.69) is 28.5 Å². The number of urea groups is 1. The molecule has 3 rings (SSSR count). The van der Waals surface area contributed by atoms with Gasteiger partial charge in [0.2, 0.25) is 5.91 Å². The lowest BCUT2D eigenvalue weighted by Gasteiger charge is -2.30. The van der Waals surface area contributed by atoms with Crippen molar-refractivity contribution < 1.29 is 14.3 Å². The molecule has 142 valence electrons. The minimum absolute atomic E-state index is 0.172. The number of carbonyl (C=O) groups excluding carboxylic acids is 2. The van der Waals surface area contributed by atoms with Crippen LogP contribution < -0.4 is 15.4 Å². The highest BCUT2D eigenvalue weighted by molar-refractivity contribution is 5.95. The molecule has 2 unspecified atom stereocenters. The van der Waals surface area contributed by atoms with Crippen LogP contribution in [0.4, 0.5) is 4.79 Å². The summed E-state index contributed by atoms with van der Waals surface area (Å²) in [6, 6.07) is 5.89. The number of fused-ring (bicyclic) bond motifs is 1. The summed E-state index contributed by atoms with van der Waals surface area (Å²) in [6.07, 6.45) is 5.39. The zero-order valence-electron chi connectivity index (χ0n) is 15.7. The monoisotopic (exact) mass is 359 g/mol. The molecule has 2 N–H and O–H groups in total. The molecule has 1 aromatic carbocycles. The minimum atomic E-state index is -0.368. The van der Waals surface area contributed by atoms with Crippen molar-refractivity contribution >= 4 is 11.9 Å². The van der Waals surface area contributed by atoms with E-state index in [1.165, 1.54) is 17.5 Å². The van der Waals surface area contributed by atoms with Crippen molar-refractivity contribution in [1.82, 2.24) is 15.5 Å². The number of imide groups is 1. The Labute approximate surface area is 155 Å². The predicted octanol–water partition coefficient (Wildman–Crippen LogP) is 2.46. The predicted molar refractivity (Wildman–Crippen MR) is 100 cm³/mol. The number of hydrogen-bond acceptors (Lipinski definition) is 4. The van der Waals surface area contributed by atoms with Crippen LogP contribution in [0, 0.1) is 5.92 Å². The number of ether oxygens (including phenoxy) is 1. The molecule has 6 heteroatoms. The summed E-state index contributed by atoms with van der Waals surface area (Å²) in [4.78, 5) is 26.4. The van der Waals surface area contributed by atoms with Gasteiger partial charge in [-0.1, -0.05) is 25.8 Å². The van der Waals surface area contributed by atoms with E-state index in [-0.39, 0.29) is 24.5 Å². The van der Waals surface area contributed by atoms with Crippen LogP contribution in [0.5, 0.6) is 5.75 Å². The zero-order chi connectivity index (χ0) is 18.5. The molecule has 1 aromatic rings. The van der Waals surface area contributed by atoms with Gasteiger partial charge in [0.1, 0.15) is 5.75 Å². The molecule has 0 saturated heterocycles. The Bertz CT molecular complexity index is 662. The van der Waals surface area contributed by atoms with Gasteiger partial charge in [0.25, 0.3) is 0 Å². The van der Waals surface area contributed by atoms with Crippen LogP contribution in [0.25, 0.3) is 0 Å². The molecule has 3 amide bonds. The van der Waals surface area contributed by atoms with E-state index >= 15 is 0 Å². The molecular weight excluding hydrogens is 330 g/mol. The van der Waals surface area contributed by atoms with Gasteiger partial charge in [-0.05, 0) is 48.4 Å². The van der Waals surface area contributed by atoms with Gasteiger partial charge in [-0.15, -0.1) is 0 Å². The standard InChI is InChI=1S/C20H29N3O3/c1-14-5-3-4-6-18(14)21-20(25)22-19(24)13-23-10-9-15-7-8-17(26-2)11-16(15)12-23/h7-8,11,14,18H,3-6,9-10,12-13H2,1-2H3,(H2,21,22,24,25). The Morgan fingerprint density at radius 2 is 2.04 bits per heavy atom. The van der Waals surface area contributed by atoms with Crippen molar-refractivity contribution in [3.63, 3.8) is 0 Å². The second kappa shape index (κ2) is 8.54. The highest BCUT2D eigenvalue weighted by Crippen LogP contribution is 2.24. The third kappa shape index (κ3) is 4.75. The molecule has 1 heterocycles. The number of hydrogen-bond donors (Lipinski definition) is 2. The third-order valence-corrected chi connectivity index (χ3v) is 5.55. The highest BCUT2D eigenvalue weighted by atomic mass is 16.5. The van der Waals surface area contributed by atoms with E-state index in [0.29, 0.717) is 12.5 Å². The number of benzene rings is 1. The summed E-state index contributed by atoms with van der Waals surface area (Å²) in [5.41, 5.74) is 2.48. The van der Waals surface area contributed by atoms with Crippen LogP contribution in [0.2, 0.25) is 0 Å². The average molecular weight is 359 g/mol. The lowest BCUT2D eigenvalue weighted by Crippen LogP contribution is -2.50.